The van der Waals surface area contributed by atoms with Gasteiger partial charge in [0.05, 0.1) is 12.2 Å². The lowest BCUT2D eigenvalue weighted by molar-refractivity contribution is 0.0525. The Morgan fingerprint density at radius 1 is 1.79 bits per heavy atom. The number of hydrogen-bond donors (Lipinski definition) is 1. The van der Waals surface area contributed by atoms with Crippen molar-refractivity contribution in [1.29, 1.82) is 5.26 Å². The van der Waals surface area contributed by atoms with Gasteiger partial charge in [0.1, 0.15) is 6.07 Å². The zero-order chi connectivity index (χ0) is 10.6. The number of aromatic hydroxyl groups is 1. The number of esters is 1. The van der Waals surface area contributed by atoms with Crippen LogP contribution in [0.15, 0.2) is 12.3 Å². The summed E-state index contributed by atoms with van der Waals surface area (Å²) < 4.78 is 4.68. The van der Waals surface area contributed by atoms with Crippen molar-refractivity contribution in [2.45, 2.75) is 6.92 Å². The summed E-state index contributed by atoms with van der Waals surface area (Å²) in [6.45, 7) is 1.93. The van der Waals surface area contributed by atoms with Crippen LogP contribution < -0.4 is 0 Å². The number of nitriles is 1. The van der Waals surface area contributed by atoms with E-state index in [1.54, 1.807) is 13.0 Å². The lowest BCUT2D eigenvalue weighted by Gasteiger charge is -2.01. The molecule has 0 aliphatic heterocycles. The second kappa shape index (κ2) is 4.23. The van der Waals surface area contributed by atoms with Gasteiger partial charge in [-0.05, 0) is 13.0 Å². The van der Waals surface area contributed by atoms with Gasteiger partial charge in [0.25, 0.3) is 0 Å². The maximum atomic E-state index is 11.1. The fourth-order valence-corrected chi connectivity index (χ4v) is 0.865. The molecule has 1 aromatic rings. The van der Waals surface area contributed by atoms with Gasteiger partial charge in [-0.1, -0.05) is 0 Å². The van der Waals surface area contributed by atoms with Gasteiger partial charge in [-0.15, -0.1) is 0 Å². The number of hydrogen-bond acceptors (Lipinski definition) is 5. The van der Waals surface area contributed by atoms with Crippen LogP contribution in [0.5, 0.6) is 5.75 Å². The number of carbonyl (C=O) groups is 1. The van der Waals surface area contributed by atoms with Crippen LogP contribution in [0.1, 0.15) is 23.0 Å². The maximum absolute atomic E-state index is 11.1. The summed E-state index contributed by atoms with van der Waals surface area (Å²) in [6.07, 6.45) is 1.19. The lowest BCUT2D eigenvalue weighted by atomic mass is 10.2. The number of carbonyl (C=O) groups excluding carboxylic acids is 1. The number of rotatable bonds is 2. The maximum Gasteiger partial charge on any atom is 0.339 e. The number of nitrogens with zero attached hydrogens (tertiary/aromatic N) is 2. The summed E-state index contributed by atoms with van der Waals surface area (Å²) in [6, 6.07) is 2.84. The Morgan fingerprint density at radius 3 is 3.00 bits per heavy atom. The molecule has 14 heavy (non-hydrogen) atoms. The lowest BCUT2D eigenvalue weighted by Crippen LogP contribution is -2.05. The molecule has 1 rings (SSSR count). The van der Waals surface area contributed by atoms with Gasteiger partial charge < -0.3 is 9.84 Å². The van der Waals surface area contributed by atoms with Gasteiger partial charge in [0.2, 0.25) is 0 Å². The second-order valence-electron chi connectivity index (χ2n) is 2.42. The Kier molecular flexibility index (Phi) is 3.02. The summed E-state index contributed by atoms with van der Waals surface area (Å²) >= 11 is 0. The molecule has 1 heterocycles. The molecule has 0 saturated carbocycles. The zero-order valence-electron chi connectivity index (χ0n) is 7.52. The fraction of sp³-hybridized carbons (Fsp3) is 0.222. The van der Waals surface area contributed by atoms with Crippen LogP contribution in [0.3, 0.4) is 0 Å². The summed E-state index contributed by atoms with van der Waals surface area (Å²) in [5.41, 5.74) is 0.0152. The molecule has 0 radical (unpaired) electrons. The molecule has 5 nitrogen and oxygen atoms in total. The van der Waals surface area contributed by atoms with E-state index in [0.29, 0.717) is 0 Å². The minimum absolute atomic E-state index is 0.113. The standard InChI is InChI=1S/C9H8N2O3/c1-2-14-9(13)6-3-8(12)7(4-10)11-5-6/h3,5,12H,2H2,1H3. The van der Waals surface area contributed by atoms with Crippen LogP contribution in [0.4, 0.5) is 0 Å². The molecular weight excluding hydrogens is 184 g/mol. The van der Waals surface area contributed by atoms with Crippen LogP contribution in [-0.2, 0) is 4.74 Å². The molecule has 0 bridgehead atoms. The quantitative estimate of drug-likeness (QED) is 0.702. The van der Waals surface area contributed by atoms with Crippen molar-refractivity contribution < 1.29 is 14.6 Å². The minimum Gasteiger partial charge on any atom is -0.505 e. The topological polar surface area (TPSA) is 83.2 Å². The van der Waals surface area contributed by atoms with Crippen LogP contribution in [0, 0.1) is 11.3 Å². The molecule has 0 atom stereocenters. The zero-order valence-corrected chi connectivity index (χ0v) is 7.52. The molecule has 0 spiro atoms. The average molecular weight is 192 g/mol. The second-order valence-corrected chi connectivity index (χ2v) is 2.42. The van der Waals surface area contributed by atoms with E-state index in [1.165, 1.54) is 6.20 Å². The Bertz CT molecular complexity index is 396. The van der Waals surface area contributed by atoms with Gasteiger partial charge in [-0.3, -0.25) is 0 Å². The Morgan fingerprint density at radius 2 is 2.50 bits per heavy atom. The summed E-state index contributed by atoms with van der Waals surface area (Å²) in [7, 11) is 0. The van der Waals surface area contributed by atoms with E-state index in [-0.39, 0.29) is 23.6 Å². The van der Waals surface area contributed by atoms with Gasteiger partial charge in [-0.25, -0.2) is 9.78 Å². The molecule has 0 aliphatic carbocycles. The number of pyridine rings is 1. The van der Waals surface area contributed by atoms with E-state index in [9.17, 15) is 9.90 Å². The van der Waals surface area contributed by atoms with E-state index in [4.69, 9.17) is 5.26 Å². The highest BCUT2D eigenvalue weighted by molar-refractivity contribution is 5.89. The fourth-order valence-electron chi connectivity index (χ4n) is 0.865. The van der Waals surface area contributed by atoms with Crippen molar-refractivity contribution in [3.63, 3.8) is 0 Å². The summed E-state index contributed by atoms with van der Waals surface area (Å²) in [4.78, 5) is 14.7. The van der Waals surface area contributed by atoms with Crippen LogP contribution >= 0.6 is 0 Å². The highest BCUT2D eigenvalue weighted by Gasteiger charge is 2.10. The van der Waals surface area contributed by atoms with E-state index < -0.39 is 5.97 Å². The van der Waals surface area contributed by atoms with Crippen molar-refractivity contribution in [2.24, 2.45) is 0 Å². The molecule has 5 heteroatoms. The van der Waals surface area contributed by atoms with E-state index >= 15 is 0 Å². The Labute approximate surface area is 80.6 Å². The van der Waals surface area contributed by atoms with Gasteiger partial charge >= 0.3 is 5.97 Å². The third-order valence-electron chi connectivity index (χ3n) is 1.48. The van der Waals surface area contributed by atoms with Crippen LogP contribution in [0.2, 0.25) is 0 Å². The normalized spacial score (nSPS) is 9.14. The first-order valence-corrected chi connectivity index (χ1v) is 3.95. The van der Waals surface area contributed by atoms with Crippen molar-refractivity contribution in [3.05, 3.63) is 23.5 Å². The predicted octanol–water partition coefficient (Wildman–Crippen LogP) is 0.836. The smallest absolute Gasteiger partial charge is 0.339 e. The molecule has 0 amide bonds. The third kappa shape index (κ3) is 1.98. The van der Waals surface area contributed by atoms with Gasteiger partial charge in [0, 0.05) is 6.20 Å². The monoisotopic (exact) mass is 192 g/mol. The largest absolute Gasteiger partial charge is 0.505 e. The van der Waals surface area contributed by atoms with E-state index in [0.717, 1.165) is 6.07 Å². The highest BCUT2D eigenvalue weighted by Crippen LogP contribution is 2.15. The highest BCUT2D eigenvalue weighted by atomic mass is 16.5. The van der Waals surface area contributed by atoms with Gasteiger partial charge in [-0.2, -0.15) is 5.26 Å². The first-order valence-electron chi connectivity index (χ1n) is 3.95. The number of aromatic nitrogens is 1. The number of ether oxygens (including phenoxy) is 1. The molecule has 1 aromatic heterocycles. The summed E-state index contributed by atoms with van der Waals surface area (Å²) in [5, 5.41) is 17.7. The molecular formula is C9H8N2O3. The minimum atomic E-state index is -0.570. The average Bonchev–Trinajstić information content (AvgIpc) is 2.18. The van der Waals surface area contributed by atoms with Crippen molar-refractivity contribution in [1.82, 2.24) is 4.98 Å². The first kappa shape index (κ1) is 9.99. The third-order valence-corrected chi connectivity index (χ3v) is 1.48. The molecule has 0 aromatic carbocycles. The van der Waals surface area contributed by atoms with Crippen molar-refractivity contribution in [3.8, 4) is 11.8 Å². The SMILES string of the molecule is CCOC(=O)c1cnc(C#N)c(O)c1. The van der Waals surface area contributed by atoms with Gasteiger partial charge in [0.15, 0.2) is 11.4 Å². The molecule has 0 saturated heterocycles. The molecule has 0 fully saturated rings. The van der Waals surface area contributed by atoms with Crippen molar-refractivity contribution >= 4 is 5.97 Å². The van der Waals surface area contributed by atoms with Crippen molar-refractivity contribution in [2.75, 3.05) is 6.61 Å². The predicted molar refractivity (Wildman–Crippen MR) is 46.6 cm³/mol. The van der Waals surface area contributed by atoms with Crippen LogP contribution in [-0.4, -0.2) is 22.7 Å². The summed E-state index contributed by atoms with van der Waals surface area (Å²) in [5.74, 6) is -0.891. The van der Waals surface area contributed by atoms with E-state index in [2.05, 4.69) is 9.72 Å². The molecule has 0 unspecified atom stereocenters. The van der Waals surface area contributed by atoms with Crippen LogP contribution in [0.25, 0.3) is 0 Å². The Hall–Kier alpha value is -2.09. The molecule has 0 aliphatic rings. The molecule has 72 valence electrons. The first-order chi connectivity index (χ1) is 6.69. The molecule has 1 N–H and O–H groups in total. The van der Waals surface area contributed by atoms with E-state index in [1.807, 2.05) is 0 Å². The Balaban J connectivity index is 2.98.